The Labute approximate surface area is 96.5 Å². The van der Waals surface area contributed by atoms with Crippen molar-refractivity contribution in [2.45, 2.75) is 0 Å². The van der Waals surface area contributed by atoms with Crippen molar-refractivity contribution < 1.29 is 4.74 Å². The molecule has 2 aromatic heterocycles. The second kappa shape index (κ2) is 4.59. The van der Waals surface area contributed by atoms with Gasteiger partial charge in [0.15, 0.2) is 0 Å². The van der Waals surface area contributed by atoms with Crippen LogP contribution in [0.3, 0.4) is 0 Å². The topological polar surface area (TPSA) is 26.5 Å². The number of hydrogen-bond donors (Lipinski definition) is 0. The molecular weight excluding hydrogens is 256 g/mol. The van der Waals surface area contributed by atoms with Crippen LogP contribution in [0.2, 0.25) is 0 Å². The fourth-order valence-electron chi connectivity index (χ4n) is 1.37. The van der Waals surface area contributed by atoms with Gasteiger partial charge in [0.1, 0.15) is 0 Å². The smallest absolute Gasteiger partial charge is 0.0999 e. The van der Waals surface area contributed by atoms with Gasteiger partial charge in [-0.15, -0.1) is 0 Å². The van der Waals surface area contributed by atoms with E-state index in [4.69, 9.17) is 4.74 Å². The van der Waals surface area contributed by atoms with Crippen LogP contribution in [0.1, 0.15) is 5.69 Å². The van der Waals surface area contributed by atoms with Crippen molar-refractivity contribution in [2.75, 3.05) is 13.7 Å². The SMILES string of the molecule is COCC=Cc1ncn2ccc(Br)cc12. The Balaban J connectivity index is 2.39. The third-order valence-electron chi connectivity index (χ3n) is 2.07. The maximum absolute atomic E-state index is 4.95. The zero-order valence-electron chi connectivity index (χ0n) is 8.35. The molecule has 0 N–H and O–H groups in total. The van der Waals surface area contributed by atoms with Gasteiger partial charge in [0, 0.05) is 17.8 Å². The number of fused-ring (bicyclic) bond motifs is 1. The van der Waals surface area contributed by atoms with Crippen LogP contribution in [-0.2, 0) is 4.74 Å². The fourth-order valence-corrected chi connectivity index (χ4v) is 1.70. The van der Waals surface area contributed by atoms with Crippen molar-refractivity contribution in [3.8, 4) is 0 Å². The molecule has 0 atom stereocenters. The third-order valence-corrected chi connectivity index (χ3v) is 2.56. The molecule has 0 spiro atoms. The van der Waals surface area contributed by atoms with E-state index >= 15 is 0 Å². The summed E-state index contributed by atoms with van der Waals surface area (Å²) in [5.74, 6) is 0. The summed E-state index contributed by atoms with van der Waals surface area (Å²) in [6.45, 7) is 0.604. The van der Waals surface area contributed by atoms with E-state index in [1.54, 1.807) is 13.4 Å². The molecule has 0 aliphatic carbocycles. The Bertz CT molecular complexity index is 490. The van der Waals surface area contributed by atoms with Gasteiger partial charge in [-0.3, -0.25) is 0 Å². The highest BCUT2D eigenvalue weighted by atomic mass is 79.9. The first-order valence-electron chi connectivity index (χ1n) is 4.59. The molecule has 0 aromatic carbocycles. The molecule has 0 unspecified atom stereocenters. The predicted molar refractivity (Wildman–Crippen MR) is 63.8 cm³/mol. The number of rotatable bonds is 3. The summed E-state index contributed by atoms with van der Waals surface area (Å²) in [5.41, 5.74) is 2.03. The molecule has 78 valence electrons. The number of imidazole rings is 1. The van der Waals surface area contributed by atoms with E-state index in [9.17, 15) is 0 Å². The largest absolute Gasteiger partial charge is 0.381 e. The lowest BCUT2D eigenvalue weighted by Gasteiger charge is -1.95. The molecule has 0 radical (unpaired) electrons. The normalized spacial score (nSPS) is 11.6. The average Bonchev–Trinajstić information content (AvgIpc) is 2.62. The Morgan fingerprint density at radius 3 is 3.27 bits per heavy atom. The standard InChI is InChI=1S/C11H11BrN2O/c1-15-6-2-3-10-11-7-9(12)4-5-14(11)8-13-10/h2-5,7-8H,6H2,1H3. The summed E-state index contributed by atoms with van der Waals surface area (Å²) >= 11 is 3.44. The van der Waals surface area contributed by atoms with Crippen molar-refractivity contribution in [2.24, 2.45) is 0 Å². The van der Waals surface area contributed by atoms with Crippen LogP contribution < -0.4 is 0 Å². The third kappa shape index (κ3) is 2.27. The minimum Gasteiger partial charge on any atom is -0.381 e. The quantitative estimate of drug-likeness (QED) is 0.854. The number of aromatic nitrogens is 2. The van der Waals surface area contributed by atoms with Crippen molar-refractivity contribution in [1.29, 1.82) is 0 Å². The molecule has 0 aliphatic heterocycles. The highest BCUT2D eigenvalue weighted by Gasteiger charge is 2.00. The minimum atomic E-state index is 0.604. The Kier molecular flexibility index (Phi) is 3.18. The highest BCUT2D eigenvalue weighted by molar-refractivity contribution is 9.10. The van der Waals surface area contributed by atoms with Gasteiger partial charge in [-0.25, -0.2) is 4.98 Å². The van der Waals surface area contributed by atoms with Crippen LogP contribution in [0.4, 0.5) is 0 Å². The summed E-state index contributed by atoms with van der Waals surface area (Å²) in [6, 6.07) is 4.02. The van der Waals surface area contributed by atoms with Crippen LogP contribution >= 0.6 is 15.9 Å². The molecule has 0 bridgehead atoms. The minimum absolute atomic E-state index is 0.604. The second-order valence-electron chi connectivity index (χ2n) is 3.12. The first kappa shape index (κ1) is 10.4. The molecular formula is C11H11BrN2O. The van der Waals surface area contributed by atoms with Crippen molar-refractivity contribution >= 4 is 27.5 Å². The first-order chi connectivity index (χ1) is 7.31. The number of halogens is 1. The molecule has 4 heteroatoms. The molecule has 0 saturated carbocycles. The summed E-state index contributed by atoms with van der Waals surface area (Å²) < 4.78 is 7.98. The van der Waals surface area contributed by atoms with Crippen LogP contribution in [0.5, 0.6) is 0 Å². The number of hydrogen-bond acceptors (Lipinski definition) is 2. The van der Waals surface area contributed by atoms with Gasteiger partial charge in [-0.1, -0.05) is 22.0 Å². The fraction of sp³-hybridized carbons (Fsp3) is 0.182. The van der Waals surface area contributed by atoms with Crippen LogP contribution in [0, 0.1) is 0 Å². The van der Waals surface area contributed by atoms with Crippen LogP contribution in [0.15, 0.2) is 35.2 Å². The summed E-state index contributed by atoms with van der Waals surface area (Å²) in [4.78, 5) is 4.31. The van der Waals surface area contributed by atoms with Crippen molar-refractivity contribution in [1.82, 2.24) is 9.38 Å². The molecule has 2 aromatic rings. The predicted octanol–water partition coefficient (Wildman–Crippen LogP) is 2.76. The second-order valence-corrected chi connectivity index (χ2v) is 4.04. The molecule has 2 heterocycles. The van der Waals surface area contributed by atoms with Gasteiger partial charge < -0.3 is 9.14 Å². The Morgan fingerprint density at radius 1 is 1.60 bits per heavy atom. The van der Waals surface area contributed by atoms with E-state index < -0.39 is 0 Å². The van der Waals surface area contributed by atoms with Gasteiger partial charge in [0.25, 0.3) is 0 Å². The van der Waals surface area contributed by atoms with E-state index in [0.29, 0.717) is 6.61 Å². The van der Waals surface area contributed by atoms with Crippen molar-refractivity contribution in [3.05, 3.63) is 40.9 Å². The first-order valence-corrected chi connectivity index (χ1v) is 5.38. The van der Waals surface area contributed by atoms with Gasteiger partial charge in [0.2, 0.25) is 0 Å². The molecule has 0 aliphatic rings. The lowest BCUT2D eigenvalue weighted by Crippen LogP contribution is -1.82. The number of nitrogens with zero attached hydrogens (tertiary/aromatic N) is 2. The molecule has 3 nitrogen and oxygen atoms in total. The maximum atomic E-state index is 4.95. The van der Waals surface area contributed by atoms with Gasteiger partial charge in [-0.2, -0.15) is 0 Å². The summed E-state index contributed by atoms with van der Waals surface area (Å²) in [5, 5.41) is 0. The molecule has 0 amide bonds. The number of methoxy groups -OCH3 is 1. The van der Waals surface area contributed by atoms with Crippen LogP contribution in [-0.4, -0.2) is 23.1 Å². The summed E-state index contributed by atoms with van der Waals surface area (Å²) in [6.07, 6.45) is 7.68. The monoisotopic (exact) mass is 266 g/mol. The number of ether oxygens (including phenoxy) is 1. The van der Waals surface area contributed by atoms with Gasteiger partial charge in [-0.05, 0) is 18.2 Å². The van der Waals surface area contributed by atoms with Gasteiger partial charge in [0.05, 0.1) is 24.1 Å². The number of pyridine rings is 1. The lowest BCUT2D eigenvalue weighted by molar-refractivity contribution is 0.234. The lowest BCUT2D eigenvalue weighted by atomic mass is 10.3. The van der Waals surface area contributed by atoms with Gasteiger partial charge >= 0.3 is 0 Å². The van der Waals surface area contributed by atoms with E-state index in [-0.39, 0.29) is 0 Å². The Hall–Kier alpha value is -1.13. The maximum Gasteiger partial charge on any atom is 0.0999 e. The summed E-state index contributed by atoms with van der Waals surface area (Å²) in [7, 11) is 1.67. The molecule has 2 rings (SSSR count). The van der Waals surface area contributed by atoms with E-state index in [2.05, 4.69) is 20.9 Å². The van der Waals surface area contributed by atoms with E-state index in [1.165, 1.54) is 0 Å². The Morgan fingerprint density at radius 2 is 2.47 bits per heavy atom. The molecule has 0 fully saturated rings. The van der Waals surface area contributed by atoms with E-state index in [1.807, 2.05) is 34.9 Å². The average molecular weight is 267 g/mol. The van der Waals surface area contributed by atoms with Crippen molar-refractivity contribution in [3.63, 3.8) is 0 Å². The molecule has 15 heavy (non-hydrogen) atoms. The zero-order chi connectivity index (χ0) is 10.7. The van der Waals surface area contributed by atoms with E-state index in [0.717, 1.165) is 15.7 Å². The zero-order valence-corrected chi connectivity index (χ0v) is 9.94. The molecule has 0 saturated heterocycles. The van der Waals surface area contributed by atoms with Crippen LogP contribution in [0.25, 0.3) is 11.6 Å². The highest BCUT2D eigenvalue weighted by Crippen LogP contribution is 2.16.